The molecule has 0 N–H and O–H groups in total. The highest BCUT2D eigenvalue weighted by Crippen LogP contribution is 2.50. The van der Waals surface area contributed by atoms with Gasteiger partial charge in [-0.2, -0.15) is 0 Å². The van der Waals surface area contributed by atoms with E-state index in [0.717, 1.165) is 61.2 Å². The van der Waals surface area contributed by atoms with Crippen molar-refractivity contribution in [3.63, 3.8) is 0 Å². The predicted molar refractivity (Wildman–Crippen MR) is 165 cm³/mol. The van der Waals surface area contributed by atoms with E-state index in [1.807, 2.05) is 61.2 Å². The van der Waals surface area contributed by atoms with Gasteiger partial charge in [0.1, 0.15) is 5.83 Å². The molecule has 2 aromatic rings. The summed E-state index contributed by atoms with van der Waals surface area (Å²) in [5, 5.41) is 0. The molecule has 0 saturated carbocycles. The molecule has 1 spiro atoms. The number of hydrogen-bond donors (Lipinski definition) is 0. The molecular formula is C36H47FN2O. The molecular weight excluding hydrogens is 495 g/mol. The zero-order chi connectivity index (χ0) is 28.4. The van der Waals surface area contributed by atoms with Crippen LogP contribution in [0, 0.1) is 5.41 Å². The van der Waals surface area contributed by atoms with Crippen molar-refractivity contribution in [1.29, 1.82) is 0 Å². The first-order chi connectivity index (χ1) is 19.6. The predicted octanol–water partition coefficient (Wildman–Crippen LogP) is 8.81. The van der Waals surface area contributed by atoms with Gasteiger partial charge in [-0.1, -0.05) is 100 Å². The first kappa shape index (κ1) is 30.0. The maximum Gasteiger partial charge on any atom is 0.238 e. The number of carbonyl (C=O) groups excluding carboxylic acids is 1. The SMILES string of the molecule is CC.CCCN1CCCCCC2(CCC1)CN(C(=O)C(c1ccccc1)c1ccccc1)C1=C2C=C(F)C=CC1. The maximum atomic E-state index is 15.0. The summed E-state index contributed by atoms with van der Waals surface area (Å²) in [6.07, 6.45) is 13.5. The molecule has 3 nitrogen and oxygen atoms in total. The Bertz CT molecular complexity index is 1150. The van der Waals surface area contributed by atoms with E-state index >= 15 is 0 Å². The summed E-state index contributed by atoms with van der Waals surface area (Å²) in [5.74, 6) is -0.487. The zero-order valence-electron chi connectivity index (χ0n) is 24.7. The molecule has 2 aliphatic heterocycles. The Hall–Kier alpha value is -2.98. The fraction of sp³-hybridized carbons (Fsp3) is 0.472. The van der Waals surface area contributed by atoms with Crippen LogP contribution in [0.5, 0.6) is 0 Å². The van der Waals surface area contributed by atoms with Gasteiger partial charge >= 0.3 is 0 Å². The topological polar surface area (TPSA) is 23.6 Å². The number of amides is 1. The summed E-state index contributed by atoms with van der Waals surface area (Å²) in [6.45, 7) is 10.3. The average Bonchev–Trinajstić information content (AvgIpc) is 3.13. The lowest BCUT2D eigenvalue weighted by Crippen LogP contribution is -2.38. The molecule has 1 amide bonds. The second-order valence-electron chi connectivity index (χ2n) is 11.2. The lowest BCUT2D eigenvalue weighted by Gasteiger charge is -2.35. The van der Waals surface area contributed by atoms with E-state index in [1.54, 1.807) is 12.2 Å². The highest BCUT2D eigenvalue weighted by molar-refractivity contribution is 5.89. The van der Waals surface area contributed by atoms with Crippen LogP contribution in [0.4, 0.5) is 4.39 Å². The van der Waals surface area contributed by atoms with Gasteiger partial charge < -0.3 is 9.80 Å². The molecule has 5 rings (SSSR count). The fourth-order valence-electron chi connectivity index (χ4n) is 6.82. The highest BCUT2D eigenvalue weighted by Gasteiger charge is 2.46. The summed E-state index contributed by atoms with van der Waals surface area (Å²) in [7, 11) is 0. The van der Waals surface area contributed by atoms with E-state index < -0.39 is 0 Å². The monoisotopic (exact) mass is 542 g/mol. The molecule has 0 radical (unpaired) electrons. The Kier molecular flexibility index (Phi) is 10.9. The van der Waals surface area contributed by atoms with Crippen molar-refractivity contribution < 1.29 is 9.18 Å². The van der Waals surface area contributed by atoms with Crippen LogP contribution in [0.1, 0.15) is 89.2 Å². The zero-order valence-corrected chi connectivity index (χ0v) is 24.7. The normalized spacial score (nSPS) is 21.9. The first-order valence-corrected chi connectivity index (χ1v) is 15.5. The lowest BCUT2D eigenvalue weighted by molar-refractivity contribution is -0.130. The molecule has 3 aliphatic rings. The fourth-order valence-corrected chi connectivity index (χ4v) is 6.82. The van der Waals surface area contributed by atoms with Crippen LogP contribution in [0.25, 0.3) is 0 Å². The standard InChI is InChI=1S/C34H41FN2O.C2H6/c1-2-22-36-23-11-5-10-20-34(21-13-24-36)26-37(31-19-12-18-29(35)25-30(31)34)33(38)32(27-14-6-3-7-15-27)28-16-8-4-9-17-28;1-2/h3-4,6-9,12,14-18,25,32H,2,5,10-11,13,19-24,26H2,1H3;1-2H3. The van der Waals surface area contributed by atoms with Crippen molar-refractivity contribution in [2.75, 3.05) is 26.2 Å². The van der Waals surface area contributed by atoms with E-state index in [2.05, 4.69) is 36.1 Å². The number of nitrogens with zero attached hydrogens (tertiary/aromatic N) is 2. The quantitative estimate of drug-likeness (QED) is 0.377. The minimum absolute atomic E-state index is 0.0978. The van der Waals surface area contributed by atoms with Crippen molar-refractivity contribution in [2.45, 2.75) is 78.1 Å². The van der Waals surface area contributed by atoms with Gasteiger partial charge in [0.15, 0.2) is 0 Å². The molecule has 1 saturated heterocycles. The smallest absolute Gasteiger partial charge is 0.238 e. The van der Waals surface area contributed by atoms with Gasteiger partial charge in [-0.15, -0.1) is 0 Å². The van der Waals surface area contributed by atoms with Crippen LogP contribution >= 0.6 is 0 Å². The van der Waals surface area contributed by atoms with Gasteiger partial charge in [0, 0.05) is 24.1 Å². The minimum atomic E-state index is -0.387. The van der Waals surface area contributed by atoms with Crippen LogP contribution in [0.15, 0.2) is 96.0 Å². The molecule has 2 heterocycles. The number of hydrogen-bond acceptors (Lipinski definition) is 2. The molecule has 0 bridgehead atoms. The van der Waals surface area contributed by atoms with Gasteiger partial charge in [0.25, 0.3) is 0 Å². The van der Waals surface area contributed by atoms with Crippen molar-refractivity contribution in [1.82, 2.24) is 9.80 Å². The second-order valence-corrected chi connectivity index (χ2v) is 11.2. The molecule has 40 heavy (non-hydrogen) atoms. The number of halogens is 1. The van der Waals surface area contributed by atoms with Crippen molar-refractivity contribution in [3.05, 3.63) is 107 Å². The third-order valence-corrected chi connectivity index (χ3v) is 8.62. The summed E-state index contributed by atoms with van der Waals surface area (Å²) < 4.78 is 15.0. The van der Waals surface area contributed by atoms with Gasteiger partial charge in [-0.3, -0.25) is 4.79 Å². The summed E-state index contributed by atoms with van der Waals surface area (Å²) in [4.78, 5) is 19.2. The summed E-state index contributed by atoms with van der Waals surface area (Å²) >= 11 is 0. The average molecular weight is 543 g/mol. The van der Waals surface area contributed by atoms with E-state index in [0.29, 0.717) is 13.0 Å². The number of benzene rings is 2. The molecule has 214 valence electrons. The van der Waals surface area contributed by atoms with Crippen LogP contribution < -0.4 is 0 Å². The Balaban J connectivity index is 0.00000181. The third kappa shape index (κ3) is 6.83. The molecule has 1 atom stereocenters. The van der Waals surface area contributed by atoms with E-state index in [9.17, 15) is 9.18 Å². The highest BCUT2D eigenvalue weighted by atomic mass is 19.1. The Labute approximate surface area is 241 Å². The van der Waals surface area contributed by atoms with Crippen LogP contribution in [-0.2, 0) is 4.79 Å². The number of fused-ring (bicyclic) bond motifs is 1. The molecule has 0 aromatic heterocycles. The van der Waals surface area contributed by atoms with Crippen LogP contribution in [0.2, 0.25) is 0 Å². The van der Waals surface area contributed by atoms with Crippen molar-refractivity contribution in [3.8, 4) is 0 Å². The second kappa shape index (κ2) is 14.6. The van der Waals surface area contributed by atoms with Gasteiger partial charge in [0.05, 0.1) is 5.92 Å². The molecule has 1 fully saturated rings. The molecule has 4 heteroatoms. The van der Waals surface area contributed by atoms with Gasteiger partial charge in [-0.05, 0) is 80.6 Å². The van der Waals surface area contributed by atoms with Gasteiger partial charge in [-0.25, -0.2) is 4.39 Å². The maximum absolute atomic E-state index is 15.0. The minimum Gasteiger partial charge on any atom is -0.314 e. The number of carbonyl (C=O) groups is 1. The summed E-state index contributed by atoms with van der Waals surface area (Å²) in [6, 6.07) is 20.2. The molecule has 1 unspecified atom stereocenters. The van der Waals surface area contributed by atoms with E-state index in [-0.39, 0.29) is 23.1 Å². The largest absolute Gasteiger partial charge is 0.314 e. The van der Waals surface area contributed by atoms with Crippen molar-refractivity contribution >= 4 is 5.91 Å². The molecule has 1 aliphatic carbocycles. The van der Waals surface area contributed by atoms with E-state index in [1.165, 1.54) is 25.8 Å². The summed E-state index contributed by atoms with van der Waals surface area (Å²) in [5.41, 5.74) is 3.87. The Morgan fingerprint density at radius 3 is 2.17 bits per heavy atom. The molecule has 2 aromatic carbocycles. The van der Waals surface area contributed by atoms with Crippen LogP contribution in [0.3, 0.4) is 0 Å². The third-order valence-electron chi connectivity index (χ3n) is 8.62. The Morgan fingerprint density at radius 2 is 1.52 bits per heavy atom. The van der Waals surface area contributed by atoms with Crippen molar-refractivity contribution in [2.24, 2.45) is 5.41 Å². The first-order valence-electron chi connectivity index (χ1n) is 15.5. The number of rotatable bonds is 5. The lowest BCUT2D eigenvalue weighted by atomic mass is 9.73. The van der Waals surface area contributed by atoms with Crippen LogP contribution in [-0.4, -0.2) is 41.9 Å². The Morgan fingerprint density at radius 1 is 0.900 bits per heavy atom. The van der Waals surface area contributed by atoms with E-state index in [4.69, 9.17) is 0 Å². The van der Waals surface area contributed by atoms with Gasteiger partial charge in [0.2, 0.25) is 5.91 Å². The number of allylic oxidation sites excluding steroid dienone is 4.